The normalized spacial score (nSPS) is 23.1. The molecule has 0 radical (unpaired) electrons. The van der Waals surface area contributed by atoms with E-state index in [2.05, 4.69) is 22.7 Å². The molecule has 0 unspecified atom stereocenters. The summed E-state index contributed by atoms with van der Waals surface area (Å²) in [6.07, 6.45) is 6.11. The number of nitrogens with zero attached hydrogens (tertiary/aromatic N) is 1. The predicted molar refractivity (Wildman–Crippen MR) is 82.5 cm³/mol. The van der Waals surface area contributed by atoms with Crippen molar-refractivity contribution in [3.05, 3.63) is 32.6 Å². The minimum atomic E-state index is -0.873. The van der Waals surface area contributed by atoms with Gasteiger partial charge in [0, 0.05) is 25.5 Å². The quantitative estimate of drug-likeness (QED) is 0.505. The molecule has 2 rings (SSSR count). The van der Waals surface area contributed by atoms with Crippen molar-refractivity contribution < 1.29 is 14.9 Å². The van der Waals surface area contributed by atoms with Crippen LogP contribution in [0.2, 0.25) is 0 Å². The van der Waals surface area contributed by atoms with Gasteiger partial charge in [0.1, 0.15) is 17.9 Å². The Labute approximate surface area is 132 Å². The lowest BCUT2D eigenvalue weighted by molar-refractivity contribution is -0.0459. The molecule has 122 valence electrons. The standard InChI is InChI=1S/C16H18N2O5/c1-2-3-4-5-6-7-11-9-18(16(22)17-15(11)21)14-8-12(20)13(10-19)23-14/h1,9,12-14,19-20H,3-5,8,10H2,(H,17,21,22)/t12-,13+,14+/m0/s1. The number of nitrogens with one attached hydrogen (secondary N) is 1. The van der Waals surface area contributed by atoms with E-state index in [-0.39, 0.29) is 18.6 Å². The number of aliphatic hydroxyl groups is 2. The van der Waals surface area contributed by atoms with E-state index in [1.54, 1.807) is 0 Å². The zero-order chi connectivity index (χ0) is 16.8. The number of aliphatic hydroxyl groups excluding tert-OH is 2. The maximum Gasteiger partial charge on any atom is 0.330 e. The summed E-state index contributed by atoms with van der Waals surface area (Å²) >= 11 is 0. The molecule has 0 spiro atoms. The third kappa shape index (κ3) is 4.11. The molecule has 0 aromatic carbocycles. The average Bonchev–Trinajstić information content (AvgIpc) is 2.89. The van der Waals surface area contributed by atoms with Gasteiger partial charge in [-0.15, -0.1) is 12.3 Å². The van der Waals surface area contributed by atoms with Crippen LogP contribution in [0, 0.1) is 24.2 Å². The number of hydrogen-bond acceptors (Lipinski definition) is 5. The zero-order valence-electron chi connectivity index (χ0n) is 12.5. The first-order valence-corrected chi connectivity index (χ1v) is 7.29. The molecule has 1 aliphatic heterocycles. The molecule has 1 aromatic heterocycles. The fraction of sp³-hybridized carbons (Fsp3) is 0.500. The second kappa shape index (κ2) is 7.80. The van der Waals surface area contributed by atoms with Crippen LogP contribution in [-0.2, 0) is 4.74 Å². The molecule has 0 aliphatic carbocycles. The highest BCUT2D eigenvalue weighted by atomic mass is 16.5. The molecule has 23 heavy (non-hydrogen) atoms. The van der Waals surface area contributed by atoms with Crippen LogP contribution in [0.3, 0.4) is 0 Å². The Hall–Kier alpha value is -2.32. The van der Waals surface area contributed by atoms with Crippen LogP contribution in [-0.4, -0.2) is 38.6 Å². The van der Waals surface area contributed by atoms with Gasteiger partial charge in [0.05, 0.1) is 12.7 Å². The van der Waals surface area contributed by atoms with Crippen molar-refractivity contribution in [2.45, 2.75) is 44.1 Å². The Balaban J connectivity index is 2.22. The van der Waals surface area contributed by atoms with Gasteiger partial charge in [-0.3, -0.25) is 14.3 Å². The first-order valence-electron chi connectivity index (χ1n) is 7.29. The van der Waals surface area contributed by atoms with E-state index >= 15 is 0 Å². The van der Waals surface area contributed by atoms with Gasteiger partial charge in [0.15, 0.2) is 0 Å². The second-order valence-corrected chi connectivity index (χ2v) is 5.18. The summed E-state index contributed by atoms with van der Waals surface area (Å²) in [6, 6.07) is 0. The largest absolute Gasteiger partial charge is 0.394 e. The fourth-order valence-electron chi connectivity index (χ4n) is 2.28. The monoisotopic (exact) mass is 318 g/mol. The van der Waals surface area contributed by atoms with Crippen LogP contribution in [0.4, 0.5) is 0 Å². The number of H-pyrrole nitrogens is 1. The van der Waals surface area contributed by atoms with E-state index in [4.69, 9.17) is 16.3 Å². The van der Waals surface area contributed by atoms with Crippen molar-refractivity contribution in [3.63, 3.8) is 0 Å². The summed E-state index contributed by atoms with van der Waals surface area (Å²) in [5, 5.41) is 18.8. The Morgan fingerprint density at radius 3 is 2.87 bits per heavy atom. The molecule has 0 saturated carbocycles. The van der Waals surface area contributed by atoms with Gasteiger partial charge in [-0.05, 0) is 6.42 Å². The van der Waals surface area contributed by atoms with Crippen molar-refractivity contribution in [2.24, 2.45) is 0 Å². The highest BCUT2D eigenvalue weighted by molar-refractivity contribution is 5.29. The van der Waals surface area contributed by atoms with E-state index in [0.29, 0.717) is 12.8 Å². The van der Waals surface area contributed by atoms with Crippen LogP contribution in [0.15, 0.2) is 15.8 Å². The smallest absolute Gasteiger partial charge is 0.330 e. The number of unbranched alkanes of at least 4 members (excludes halogenated alkanes) is 2. The van der Waals surface area contributed by atoms with Crippen LogP contribution >= 0.6 is 0 Å². The molecule has 1 saturated heterocycles. The number of aromatic nitrogens is 2. The van der Waals surface area contributed by atoms with Gasteiger partial charge in [0.2, 0.25) is 0 Å². The first-order chi connectivity index (χ1) is 11.1. The molecule has 7 nitrogen and oxygen atoms in total. The lowest BCUT2D eigenvalue weighted by Gasteiger charge is -2.14. The minimum absolute atomic E-state index is 0.135. The van der Waals surface area contributed by atoms with Gasteiger partial charge in [-0.1, -0.05) is 11.8 Å². The molecule has 1 aliphatic rings. The predicted octanol–water partition coefficient (Wildman–Crippen LogP) is -0.668. The first kappa shape index (κ1) is 17.0. The zero-order valence-corrected chi connectivity index (χ0v) is 12.5. The molecule has 7 heteroatoms. The van der Waals surface area contributed by atoms with Crippen molar-refractivity contribution >= 4 is 0 Å². The van der Waals surface area contributed by atoms with Crippen LogP contribution < -0.4 is 11.2 Å². The topological polar surface area (TPSA) is 105 Å². The Kier molecular flexibility index (Phi) is 5.78. The van der Waals surface area contributed by atoms with Crippen molar-refractivity contribution in [1.29, 1.82) is 0 Å². The van der Waals surface area contributed by atoms with Crippen LogP contribution in [0.25, 0.3) is 0 Å². The maximum atomic E-state index is 11.9. The maximum absolute atomic E-state index is 11.9. The molecule has 1 aromatic rings. The van der Waals surface area contributed by atoms with Gasteiger partial charge >= 0.3 is 5.69 Å². The Morgan fingerprint density at radius 1 is 1.43 bits per heavy atom. The lowest BCUT2D eigenvalue weighted by atomic mass is 10.2. The summed E-state index contributed by atoms with van der Waals surface area (Å²) < 4.78 is 6.59. The number of aromatic amines is 1. The molecule has 0 bridgehead atoms. The van der Waals surface area contributed by atoms with Crippen LogP contribution in [0.1, 0.15) is 37.5 Å². The van der Waals surface area contributed by atoms with E-state index in [0.717, 1.165) is 6.42 Å². The summed E-state index contributed by atoms with van der Waals surface area (Å²) in [5.74, 6) is 8.05. The van der Waals surface area contributed by atoms with Crippen LogP contribution in [0.5, 0.6) is 0 Å². The summed E-state index contributed by atoms with van der Waals surface area (Å²) in [7, 11) is 0. The SMILES string of the molecule is C#CCCCC#Cc1cn([C@H]2C[C@H](O)[C@@H](CO)O2)c(=O)[nH]c1=O. The number of terminal acetylenes is 1. The van der Waals surface area contributed by atoms with E-state index < -0.39 is 29.7 Å². The van der Waals surface area contributed by atoms with Gasteiger partial charge in [0.25, 0.3) is 5.56 Å². The number of rotatable bonds is 4. The summed E-state index contributed by atoms with van der Waals surface area (Å²) in [5.41, 5.74) is -1.09. The fourth-order valence-corrected chi connectivity index (χ4v) is 2.28. The highest BCUT2D eigenvalue weighted by Crippen LogP contribution is 2.27. The number of ether oxygens (including phenoxy) is 1. The highest BCUT2D eigenvalue weighted by Gasteiger charge is 2.35. The summed E-state index contributed by atoms with van der Waals surface area (Å²) in [6.45, 7) is -0.350. The van der Waals surface area contributed by atoms with Gasteiger partial charge in [-0.2, -0.15) is 0 Å². The van der Waals surface area contributed by atoms with Crippen molar-refractivity contribution in [3.8, 4) is 24.2 Å². The molecule has 3 N–H and O–H groups in total. The van der Waals surface area contributed by atoms with Gasteiger partial charge < -0.3 is 14.9 Å². The van der Waals surface area contributed by atoms with Crippen molar-refractivity contribution in [1.82, 2.24) is 9.55 Å². The number of hydrogen-bond donors (Lipinski definition) is 3. The Morgan fingerprint density at radius 2 is 2.22 bits per heavy atom. The molecular weight excluding hydrogens is 300 g/mol. The van der Waals surface area contributed by atoms with Gasteiger partial charge in [-0.25, -0.2) is 4.79 Å². The molecular formula is C16H18N2O5. The van der Waals surface area contributed by atoms with E-state index in [9.17, 15) is 14.7 Å². The Bertz CT molecular complexity index is 762. The lowest BCUT2D eigenvalue weighted by Crippen LogP contribution is -2.33. The molecule has 3 atom stereocenters. The van der Waals surface area contributed by atoms with Crippen molar-refractivity contribution in [2.75, 3.05) is 6.61 Å². The summed E-state index contributed by atoms with van der Waals surface area (Å²) in [4.78, 5) is 25.9. The van der Waals surface area contributed by atoms with E-state index in [1.165, 1.54) is 10.8 Å². The molecule has 2 heterocycles. The average molecular weight is 318 g/mol. The third-order valence-corrected chi connectivity index (χ3v) is 3.51. The molecule has 1 fully saturated rings. The minimum Gasteiger partial charge on any atom is -0.394 e. The third-order valence-electron chi connectivity index (χ3n) is 3.51. The molecule has 0 amide bonds. The van der Waals surface area contributed by atoms with E-state index in [1.807, 2.05) is 0 Å². The second-order valence-electron chi connectivity index (χ2n) is 5.18.